The van der Waals surface area contributed by atoms with E-state index in [4.69, 9.17) is 11.0 Å². The molecule has 0 saturated heterocycles. The average molecular weight is 374 g/mol. The third kappa shape index (κ3) is 4.37. The molecule has 0 spiro atoms. The molecule has 3 rings (SSSR count). The molecule has 0 amide bonds. The number of hydrogen-bond donors (Lipinski definition) is 1. The number of nitrogens with zero attached hydrogens (tertiary/aromatic N) is 5. The molecule has 0 unspecified atom stereocenters. The van der Waals surface area contributed by atoms with Gasteiger partial charge >= 0.3 is 0 Å². The van der Waals surface area contributed by atoms with Crippen LogP contribution in [0.15, 0.2) is 35.7 Å². The Morgan fingerprint density at radius 2 is 2.18 bits per heavy atom. The van der Waals surface area contributed by atoms with Crippen LogP contribution in [-0.4, -0.2) is 29.3 Å². The Morgan fingerprint density at radius 1 is 1.36 bits per heavy atom. The molecule has 0 aromatic carbocycles. The Hall–Kier alpha value is -3.20. The van der Waals surface area contributed by atoms with E-state index in [0.29, 0.717) is 11.5 Å². The Balaban J connectivity index is 1.84. The van der Waals surface area contributed by atoms with Crippen LogP contribution in [0.4, 0.5) is 5.82 Å². The van der Waals surface area contributed by atoms with Crippen LogP contribution < -0.4 is 10.6 Å². The summed E-state index contributed by atoms with van der Waals surface area (Å²) < 4.78 is 0. The Bertz CT molecular complexity index is 952. The molecule has 1 aliphatic rings. The van der Waals surface area contributed by atoms with E-state index in [-0.39, 0.29) is 0 Å². The number of pyridine rings is 2. The second kappa shape index (κ2) is 8.66. The van der Waals surface area contributed by atoms with E-state index < -0.39 is 0 Å². The normalized spacial score (nSPS) is 14.4. The molecule has 6 heteroatoms. The van der Waals surface area contributed by atoms with Crippen molar-refractivity contribution in [2.45, 2.75) is 33.7 Å². The lowest BCUT2D eigenvalue weighted by atomic mass is 10.0. The van der Waals surface area contributed by atoms with Gasteiger partial charge in [-0.2, -0.15) is 5.26 Å². The van der Waals surface area contributed by atoms with E-state index >= 15 is 0 Å². The van der Waals surface area contributed by atoms with Crippen molar-refractivity contribution in [1.29, 1.82) is 5.26 Å². The van der Waals surface area contributed by atoms with Gasteiger partial charge in [-0.3, -0.25) is 9.98 Å². The molecule has 1 aliphatic heterocycles. The Morgan fingerprint density at radius 3 is 2.86 bits per heavy atom. The molecule has 6 nitrogen and oxygen atoms in total. The number of aromatic nitrogens is 2. The maximum absolute atomic E-state index is 9.05. The molecular formula is C22H26N6. The highest BCUT2D eigenvalue weighted by atomic mass is 15.2. The summed E-state index contributed by atoms with van der Waals surface area (Å²) in [7, 11) is 0. The van der Waals surface area contributed by atoms with Crippen LogP contribution in [-0.2, 0) is 13.0 Å². The SMILES string of the molecule is Cc1cc(C#N)cnc1N1CCc2ncc(C(C=NCC(C)C)=CN)cc2C1. The van der Waals surface area contributed by atoms with E-state index in [0.717, 1.165) is 54.3 Å². The molecular weight excluding hydrogens is 348 g/mol. The number of nitriles is 1. The van der Waals surface area contributed by atoms with E-state index in [1.54, 1.807) is 12.4 Å². The largest absolute Gasteiger partial charge is 0.404 e. The summed E-state index contributed by atoms with van der Waals surface area (Å²) in [4.78, 5) is 15.9. The number of nitrogens with two attached hydrogens (primary N) is 1. The lowest BCUT2D eigenvalue weighted by Gasteiger charge is -2.30. The zero-order valence-electron chi connectivity index (χ0n) is 16.7. The molecule has 0 aliphatic carbocycles. The maximum atomic E-state index is 9.05. The van der Waals surface area contributed by atoms with Gasteiger partial charge in [0.2, 0.25) is 0 Å². The average Bonchev–Trinajstić information content (AvgIpc) is 2.70. The summed E-state index contributed by atoms with van der Waals surface area (Å²) >= 11 is 0. The summed E-state index contributed by atoms with van der Waals surface area (Å²) in [6, 6.07) is 6.17. The minimum absolute atomic E-state index is 0.508. The number of aryl methyl sites for hydroxylation is 1. The predicted molar refractivity (Wildman–Crippen MR) is 113 cm³/mol. The van der Waals surface area contributed by atoms with Crippen LogP contribution in [0, 0.1) is 24.2 Å². The first-order chi connectivity index (χ1) is 13.5. The van der Waals surface area contributed by atoms with E-state index in [1.807, 2.05) is 25.4 Å². The summed E-state index contributed by atoms with van der Waals surface area (Å²) in [5, 5.41) is 9.05. The van der Waals surface area contributed by atoms with E-state index in [9.17, 15) is 0 Å². The molecule has 0 bridgehead atoms. The first-order valence-electron chi connectivity index (χ1n) is 9.53. The van der Waals surface area contributed by atoms with Gasteiger partial charge in [-0.25, -0.2) is 4.98 Å². The maximum Gasteiger partial charge on any atom is 0.131 e. The highest BCUT2D eigenvalue weighted by molar-refractivity contribution is 6.09. The van der Waals surface area contributed by atoms with Crippen molar-refractivity contribution in [3.05, 3.63) is 58.7 Å². The number of hydrogen-bond acceptors (Lipinski definition) is 6. The first-order valence-corrected chi connectivity index (χ1v) is 9.53. The van der Waals surface area contributed by atoms with Crippen LogP contribution in [0.1, 0.15) is 41.8 Å². The van der Waals surface area contributed by atoms with Crippen LogP contribution in [0.2, 0.25) is 0 Å². The van der Waals surface area contributed by atoms with Crippen molar-refractivity contribution in [3.8, 4) is 6.07 Å². The van der Waals surface area contributed by atoms with Gasteiger partial charge in [0.15, 0.2) is 0 Å². The highest BCUT2D eigenvalue weighted by Gasteiger charge is 2.20. The molecule has 2 aromatic heterocycles. The van der Waals surface area contributed by atoms with Crippen molar-refractivity contribution in [2.24, 2.45) is 16.6 Å². The monoisotopic (exact) mass is 374 g/mol. The fourth-order valence-electron chi connectivity index (χ4n) is 3.30. The second-order valence-electron chi connectivity index (χ2n) is 7.49. The fourth-order valence-corrected chi connectivity index (χ4v) is 3.30. The van der Waals surface area contributed by atoms with Gasteiger partial charge in [-0.15, -0.1) is 0 Å². The number of allylic oxidation sites excluding steroid dienone is 1. The standard InChI is InChI=1S/C22H26N6/c1-15(2)10-25-12-20(9-24)18-7-19-14-28(5-4-21(19)26-13-18)22-16(3)6-17(8-23)11-27-22/h6-7,9,11-13,15H,4-5,10,14,24H2,1-3H3. The third-order valence-electron chi connectivity index (χ3n) is 4.73. The molecule has 2 N–H and O–H groups in total. The number of anilines is 1. The van der Waals surface area contributed by atoms with Gasteiger partial charge in [0.25, 0.3) is 0 Å². The van der Waals surface area contributed by atoms with Crippen LogP contribution in [0.3, 0.4) is 0 Å². The summed E-state index contributed by atoms with van der Waals surface area (Å²) in [6.45, 7) is 8.63. The van der Waals surface area contributed by atoms with Gasteiger partial charge in [-0.1, -0.05) is 13.8 Å². The molecule has 3 heterocycles. The molecule has 0 atom stereocenters. The topological polar surface area (TPSA) is 91.2 Å². The van der Waals surface area contributed by atoms with Crippen molar-refractivity contribution in [1.82, 2.24) is 9.97 Å². The Kier molecular flexibility index (Phi) is 6.05. The smallest absolute Gasteiger partial charge is 0.131 e. The number of aliphatic imine (C=N–C) groups is 1. The lowest BCUT2D eigenvalue weighted by Crippen LogP contribution is -2.32. The fraction of sp³-hybridized carbons (Fsp3) is 0.364. The van der Waals surface area contributed by atoms with Crippen LogP contribution in [0.25, 0.3) is 5.57 Å². The molecule has 0 radical (unpaired) electrons. The molecule has 0 fully saturated rings. The van der Waals surface area contributed by atoms with Crippen molar-refractivity contribution >= 4 is 17.6 Å². The van der Waals surface area contributed by atoms with E-state index in [2.05, 4.69) is 45.8 Å². The van der Waals surface area contributed by atoms with Crippen molar-refractivity contribution in [3.63, 3.8) is 0 Å². The summed E-state index contributed by atoms with van der Waals surface area (Å²) in [5.74, 6) is 1.43. The van der Waals surface area contributed by atoms with Crippen LogP contribution in [0.5, 0.6) is 0 Å². The summed E-state index contributed by atoms with van der Waals surface area (Å²) in [5.41, 5.74) is 11.6. The molecule has 144 valence electrons. The molecule has 0 saturated carbocycles. The first kappa shape index (κ1) is 19.6. The second-order valence-corrected chi connectivity index (χ2v) is 7.49. The summed E-state index contributed by atoms with van der Waals surface area (Å²) in [6.07, 6.45) is 7.78. The lowest BCUT2D eigenvalue weighted by molar-refractivity contribution is 0.667. The van der Waals surface area contributed by atoms with Gasteiger partial charge in [0.05, 0.1) is 5.56 Å². The number of fused-ring (bicyclic) bond motifs is 1. The molecule has 2 aromatic rings. The zero-order chi connectivity index (χ0) is 20.1. The van der Waals surface area contributed by atoms with Crippen molar-refractivity contribution < 1.29 is 0 Å². The van der Waals surface area contributed by atoms with Gasteiger partial charge < -0.3 is 10.6 Å². The number of rotatable bonds is 5. The minimum Gasteiger partial charge on any atom is -0.404 e. The highest BCUT2D eigenvalue weighted by Crippen LogP contribution is 2.26. The van der Waals surface area contributed by atoms with Crippen LogP contribution >= 0.6 is 0 Å². The van der Waals surface area contributed by atoms with Gasteiger partial charge in [0, 0.05) is 67.7 Å². The Labute approximate surface area is 166 Å². The quantitative estimate of drug-likeness (QED) is 0.811. The van der Waals surface area contributed by atoms with Gasteiger partial charge in [0.1, 0.15) is 11.9 Å². The van der Waals surface area contributed by atoms with Crippen molar-refractivity contribution in [2.75, 3.05) is 18.0 Å². The molecule has 28 heavy (non-hydrogen) atoms. The minimum atomic E-state index is 0.508. The van der Waals surface area contributed by atoms with Gasteiger partial charge in [-0.05, 0) is 36.1 Å². The van der Waals surface area contributed by atoms with E-state index in [1.165, 1.54) is 5.56 Å². The zero-order valence-corrected chi connectivity index (χ0v) is 16.7. The predicted octanol–water partition coefficient (Wildman–Crippen LogP) is 3.25. The third-order valence-corrected chi connectivity index (χ3v) is 4.73.